The number of hydrazine groups is 1. The van der Waals surface area contributed by atoms with Gasteiger partial charge in [0.1, 0.15) is 0 Å². The number of sulfonamides is 1. The van der Waals surface area contributed by atoms with E-state index in [1.165, 1.54) is 5.01 Å². The Morgan fingerprint density at radius 2 is 1.82 bits per heavy atom. The number of hydrogen-bond donors (Lipinski definition) is 2. The number of aryl methyl sites for hydroxylation is 1. The molecule has 17 heavy (non-hydrogen) atoms. The predicted octanol–water partition coefficient (Wildman–Crippen LogP) is 0.333. The van der Waals surface area contributed by atoms with Gasteiger partial charge in [-0.1, -0.05) is 12.1 Å². The standard InChI is InChI=1S/C11H19N3O2S/c1-14(2)13-17(15,16)11-7-5-10(6-8-11)4-3-9-12/h5-8,13H,3-4,9,12H2,1-2H3. The van der Waals surface area contributed by atoms with Crippen LogP contribution in [0.3, 0.4) is 0 Å². The molecule has 0 atom stereocenters. The summed E-state index contributed by atoms with van der Waals surface area (Å²) in [6.07, 6.45) is 1.78. The van der Waals surface area contributed by atoms with Crippen molar-refractivity contribution in [3.8, 4) is 0 Å². The highest BCUT2D eigenvalue weighted by atomic mass is 32.2. The highest BCUT2D eigenvalue weighted by molar-refractivity contribution is 7.89. The van der Waals surface area contributed by atoms with Gasteiger partial charge in [0.15, 0.2) is 0 Å². The summed E-state index contributed by atoms with van der Waals surface area (Å²) >= 11 is 0. The first-order valence-electron chi connectivity index (χ1n) is 5.44. The molecule has 0 aliphatic heterocycles. The molecule has 0 heterocycles. The number of rotatable bonds is 6. The molecular formula is C11H19N3O2S. The van der Waals surface area contributed by atoms with Gasteiger partial charge in [-0.25, -0.2) is 13.4 Å². The molecular weight excluding hydrogens is 238 g/mol. The van der Waals surface area contributed by atoms with Crippen molar-refractivity contribution in [2.75, 3.05) is 20.6 Å². The maximum absolute atomic E-state index is 11.8. The van der Waals surface area contributed by atoms with E-state index >= 15 is 0 Å². The van der Waals surface area contributed by atoms with Gasteiger partial charge in [-0.3, -0.25) is 0 Å². The fourth-order valence-corrected chi connectivity index (χ4v) is 2.52. The Labute approximate surface area is 103 Å². The van der Waals surface area contributed by atoms with E-state index in [9.17, 15) is 8.42 Å². The van der Waals surface area contributed by atoms with E-state index in [1.54, 1.807) is 26.2 Å². The molecule has 0 amide bonds. The number of nitrogens with zero attached hydrogens (tertiary/aromatic N) is 1. The average molecular weight is 257 g/mol. The van der Waals surface area contributed by atoms with Gasteiger partial charge >= 0.3 is 0 Å². The first-order valence-corrected chi connectivity index (χ1v) is 6.93. The van der Waals surface area contributed by atoms with E-state index in [-0.39, 0.29) is 4.90 Å². The van der Waals surface area contributed by atoms with Crippen molar-refractivity contribution in [2.24, 2.45) is 5.73 Å². The summed E-state index contributed by atoms with van der Waals surface area (Å²) in [6, 6.07) is 6.86. The Hall–Kier alpha value is -0.950. The molecule has 5 nitrogen and oxygen atoms in total. The molecule has 0 saturated carbocycles. The summed E-state index contributed by atoms with van der Waals surface area (Å²) in [5.41, 5.74) is 6.52. The van der Waals surface area contributed by atoms with E-state index in [2.05, 4.69) is 4.83 Å². The van der Waals surface area contributed by atoms with Crippen molar-refractivity contribution >= 4 is 10.0 Å². The van der Waals surface area contributed by atoms with E-state index < -0.39 is 10.0 Å². The molecule has 0 saturated heterocycles. The van der Waals surface area contributed by atoms with Crippen LogP contribution in [0.2, 0.25) is 0 Å². The summed E-state index contributed by atoms with van der Waals surface area (Å²) in [4.78, 5) is 2.65. The van der Waals surface area contributed by atoms with Gasteiger partial charge in [0.2, 0.25) is 0 Å². The number of nitrogens with two attached hydrogens (primary N) is 1. The van der Waals surface area contributed by atoms with Crippen LogP contribution in [0.1, 0.15) is 12.0 Å². The second-order valence-electron chi connectivity index (χ2n) is 4.03. The van der Waals surface area contributed by atoms with Crippen LogP contribution in [0.4, 0.5) is 0 Å². The first-order chi connectivity index (χ1) is 7.95. The van der Waals surface area contributed by atoms with Crippen LogP contribution >= 0.6 is 0 Å². The molecule has 0 radical (unpaired) electrons. The molecule has 1 rings (SSSR count). The van der Waals surface area contributed by atoms with E-state index in [4.69, 9.17) is 5.73 Å². The third-order valence-electron chi connectivity index (χ3n) is 2.21. The molecule has 1 aromatic carbocycles. The minimum Gasteiger partial charge on any atom is -0.330 e. The summed E-state index contributed by atoms with van der Waals surface area (Å²) in [5, 5.41) is 1.40. The summed E-state index contributed by atoms with van der Waals surface area (Å²) < 4.78 is 23.6. The van der Waals surface area contributed by atoms with Crippen LogP contribution in [0.25, 0.3) is 0 Å². The lowest BCUT2D eigenvalue weighted by Gasteiger charge is -2.12. The first kappa shape index (κ1) is 14.1. The number of nitrogens with one attached hydrogen (secondary N) is 1. The third-order valence-corrected chi connectivity index (χ3v) is 3.70. The molecule has 3 N–H and O–H groups in total. The van der Waals surface area contributed by atoms with Crippen LogP contribution in [0.15, 0.2) is 29.2 Å². The maximum Gasteiger partial charge on any atom is 0.253 e. The van der Waals surface area contributed by atoms with Gasteiger partial charge in [-0.15, -0.1) is 4.83 Å². The number of benzene rings is 1. The highest BCUT2D eigenvalue weighted by Gasteiger charge is 2.13. The molecule has 0 aliphatic rings. The number of hydrogen-bond acceptors (Lipinski definition) is 4. The molecule has 0 aliphatic carbocycles. The molecule has 0 aromatic heterocycles. The van der Waals surface area contributed by atoms with Gasteiger partial charge in [-0.05, 0) is 37.1 Å². The van der Waals surface area contributed by atoms with Crippen LogP contribution in [0.5, 0.6) is 0 Å². The quantitative estimate of drug-likeness (QED) is 0.720. The third kappa shape index (κ3) is 4.43. The highest BCUT2D eigenvalue weighted by Crippen LogP contribution is 2.11. The average Bonchev–Trinajstić information content (AvgIpc) is 2.25. The largest absolute Gasteiger partial charge is 0.330 e. The Balaban J connectivity index is 2.80. The summed E-state index contributed by atoms with van der Waals surface area (Å²) in [7, 11) is -0.181. The summed E-state index contributed by atoms with van der Waals surface area (Å²) in [6.45, 7) is 0.641. The zero-order valence-electron chi connectivity index (χ0n) is 10.2. The van der Waals surface area contributed by atoms with Crippen molar-refractivity contribution < 1.29 is 8.42 Å². The SMILES string of the molecule is CN(C)NS(=O)(=O)c1ccc(CCCN)cc1. The molecule has 1 aromatic rings. The second-order valence-corrected chi connectivity index (χ2v) is 5.69. The maximum atomic E-state index is 11.8. The zero-order valence-corrected chi connectivity index (χ0v) is 11.0. The molecule has 96 valence electrons. The lowest BCUT2D eigenvalue weighted by atomic mass is 10.1. The fraction of sp³-hybridized carbons (Fsp3) is 0.455. The smallest absolute Gasteiger partial charge is 0.253 e. The van der Waals surface area contributed by atoms with E-state index in [0.29, 0.717) is 6.54 Å². The van der Waals surface area contributed by atoms with Crippen molar-refractivity contribution in [3.63, 3.8) is 0 Å². The van der Waals surface area contributed by atoms with Crippen molar-refractivity contribution in [1.29, 1.82) is 0 Å². The second kappa shape index (κ2) is 6.11. The molecule has 0 bridgehead atoms. The Bertz CT molecular complexity index is 440. The normalized spacial score (nSPS) is 12.0. The van der Waals surface area contributed by atoms with Gasteiger partial charge < -0.3 is 5.73 Å². The Kier molecular flexibility index (Phi) is 5.07. The van der Waals surface area contributed by atoms with Crippen LogP contribution in [-0.4, -0.2) is 34.1 Å². The molecule has 0 spiro atoms. The minimum atomic E-state index is -3.45. The van der Waals surface area contributed by atoms with Crippen molar-refractivity contribution in [3.05, 3.63) is 29.8 Å². The molecule has 6 heteroatoms. The van der Waals surface area contributed by atoms with Gasteiger partial charge in [0.25, 0.3) is 10.0 Å². The molecule has 0 fully saturated rings. The Morgan fingerprint density at radius 1 is 1.24 bits per heavy atom. The van der Waals surface area contributed by atoms with E-state index in [1.807, 2.05) is 12.1 Å². The van der Waals surface area contributed by atoms with Gasteiger partial charge in [0, 0.05) is 14.1 Å². The van der Waals surface area contributed by atoms with E-state index in [0.717, 1.165) is 18.4 Å². The monoisotopic (exact) mass is 257 g/mol. The Morgan fingerprint density at radius 3 is 2.29 bits per heavy atom. The van der Waals surface area contributed by atoms with Crippen LogP contribution in [0, 0.1) is 0 Å². The van der Waals surface area contributed by atoms with Crippen molar-refractivity contribution in [1.82, 2.24) is 9.84 Å². The fourth-order valence-electron chi connectivity index (χ4n) is 1.43. The predicted molar refractivity (Wildman–Crippen MR) is 67.8 cm³/mol. The lowest BCUT2D eigenvalue weighted by Crippen LogP contribution is -2.36. The van der Waals surface area contributed by atoms with Crippen molar-refractivity contribution in [2.45, 2.75) is 17.7 Å². The molecule has 0 unspecified atom stereocenters. The van der Waals surface area contributed by atoms with Crippen LogP contribution in [-0.2, 0) is 16.4 Å². The zero-order chi connectivity index (χ0) is 12.9. The van der Waals surface area contributed by atoms with Gasteiger partial charge in [-0.2, -0.15) is 0 Å². The summed E-state index contributed by atoms with van der Waals surface area (Å²) in [5.74, 6) is 0. The minimum absolute atomic E-state index is 0.266. The topological polar surface area (TPSA) is 75.4 Å². The van der Waals surface area contributed by atoms with Gasteiger partial charge in [0.05, 0.1) is 4.90 Å². The van der Waals surface area contributed by atoms with Crippen LogP contribution < -0.4 is 10.6 Å². The lowest BCUT2D eigenvalue weighted by molar-refractivity contribution is 0.364.